The van der Waals surface area contributed by atoms with Gasteiger partial charge in [0.1, 0.15) is 28.4 Å². The summed E-state index contributed by atoms with van der Waals surface area (Å²) in [5, 5.41) is -0.0464. The lowest BCUT2D eigenvalue weighted by molar-refractivity contribution is -0.128. The van der Waals surface area contributed by atoms with Crippen molar-refractivity contribution >= 4 is 17.7 Å². The number of nitrogens with zero attached hydrogens (tertiary/aromatic N) is 1. The Morgan fingerprint density at radius 1 is 1.11 bits per heavy atom. The van der Waals surface area contributed by atoms with Gasteiger partial charge in [-0.3, -0.25) is 4.79 Å². The summed E-state index contributed by atoms with van der Waals surface area (Å²) in [4.78, 5) is 14.6. The van der Waals surface area contributed by atoms with E-state index in [1.165, 1.54) is 5.56 Å². The van der Waals surface area contributed by atoms with E-state index in [0.29, 0.717) is 29.5 Å². The molecule has 1 fully saturated rings. The third kappa shape index (κ3) is 3.35. The average molecular weight is 401 g/mol. The van der Waals surface area contributed by atoms with Crippen LogP contribution in [0.5, 0.6) is 23.0 Å². The van der Waals surface area contributed by atoms with Gasteiger partial charge < -0.3 is 23.8 Å². The molecule has 1 saturated heterocycles. The Kier molecular flexibility index (Phi) is 5.26. The molecule has 0 saturated carbocycles. The molecule has 28 heavy (non-hydrogen) atoms. The van der Waals surface area contributed by atoms with Gasteiger partial charge in [-0.1, -0.05) is 6.07 Å². The van der Waals surface area contributed by atoms with Crippen LogP contribution in [-0.2, 0) is 17.8 Å². The first-order valence-electron chi connectivity index (χ1n) is 9.10. The van der Waals surface area contributed by atoms with E-state index in [-0.39, 0.29) is 11.3 Å². The first kappa shape index (κ1) is 18.8. The molecule has 0 bridgehead atoms. The fourth-order valence-electron chi connectivity index (χ4n) is 3.67. The predicted octanol–water partition coefficient (Wildman–Crippen LogP) is 3.42. The Morgan fingerprint density at radius 2 is 1.86 bits per heavy atom. The lowest BCUT2D eigenvalue weighted by Gasteiger charge is -2.26. The summed E-state index contributed by atoms with van der Waals surface area (Å²) >= 11 is 1.64. The highest BCUT2D eigenvalue weighted by Gasteiger charge is 2.35. The van der Waals surface area contributed by atoms with E-state index in [1.807, 2.05) is 23.1 Å². The van der Waals surface area contributed by atoms with E-state index in [1.54, 1.807) is 33.1 Å². The van der Waals surface area contributed by atoms with Crippen molar-refractivity contribution in [2.24, 2.45) is 0 Å². The molecule has 1 unspecified atom stereocenters. The lowest BCUT2D eigenvalue weighted by atomic mass is 10.1. The van der Waals surface area contributed by atoms with Crippen molar-refractivity contribution in [3.8, 4) is 23.0 Å². The third-order valence-electron chi connectivity index (χ3n) is 5.11. The number of carbonyl (C=O) groups excluding carboxylic acids is 1. The van der Waals surface area contributed by atoms with Crippen LogP contribution in [0.1, 0.15) is 22.1 Å². The largest absolute Gasteiger partial charge is 0.496 e. The van der Waals surface area contributed by atoms with Crippen LogP contribution >= 0.6 is 11.8 Å². The molecule has 1 amide bonds. The Hall–Kier alpha value is -2.54. The van der Waals surface area contributed by atoms with E-state index in [0.717, 1.165) is 29.9 Å². The number of hydrogen-bond acceptors (Lipinski definition) is 6. The van der Waals surface area contributed by atoms with Gasteiger partial charge in [0.2, 0.25) is 5.91 Å². The second-order valence-electron chi connectivity index (χ2n) is 6.66. The zero-order valence-electron chi connectivity index (χ0n) is 16.2. The van der Waals surface area contributed by atoms with Gasteiger partial charge in [-0.15, -0.1) is 11.8 Å². The van der Waals surface area contributed by atoms with Gasteiger partial charge in [0.25, 0.3) is 0 Å². The zero-order valence-corrected chi connectivity index (χ0v) is 17.0. The molecule has 2 aliphatic heterocycles. The molecule has 0 aliphatic carbocycles. The van der Waals surface area contributed by atoms with E-state index < -0.39 is 0 Å². The van der Waals surface area contributed by atoms with Crippen LogP contribution in [-0.4, -0.2) is 44.5 Å². The van der Waals surface area contributed by atoms with Crippen LogP contribution in [0.2, 0.25) is 0 Å². The molecule has 2 aromatic rings. The number of methoxy groups -OCH3 is 3. The summed E-state index contributed by atoms with van der Waals surface area (Å²) in [5.74, 6) is 3.44. The van der Waals surface area contributed by atoms with Crippen molar-refractivity contribution in [2.45, 2.75) is 18.3 Å². The molecule has 4 rings (SSSR count). The monoisotopic (exact) mass is 401 g/mol. The fraction of sp³-hybridized carbons (Fsp3) is 0.381. The number of amides is 1. The van der Waals surface area contributed by atoms with Gasteiger partial charge in [-0.05, 0) is 23.3 Å². The molecule has 148 valence electrons. The van der Waals surface area contributed by atoms with Crippen molar-refractivity contribution in [3.63, 3.8) is 0 Å². The number of rotatable bonds is 6. The zero-order chi connectivity index (χ0) is 19.7. The minimum Gasteiger partial charge on any atom is -0.496 e. The summed E-state index contributed by atoms with van der Waals surface area (Å²) in [5.41, 5.74) is 3.15. The molecule has 2 heterocycles. The van der Waals surface area contributed by atoms with Gasteiger partial charge in [-0.25, -0.2) is 0 Å². The number of hydrogen-bond donors (Lipinski definition) is 0. The Bertz CT molecular complexity index is 875. The number of carbonyl (C=O) groups is 1. The number of benzene rings is 2. The Labute approximate surface area is 168 Å². The smallest absolute Gasteiger partial charge is 0.234 e. The van der Waals surface area contributed by atoms with Gasteiger partial charge in [0, 0.05) is 18.6 Å². The molecular weight excluding hydrogens is 378 g/mol. The van der Waals surface area contributed by atoms with Crippen molar-refractivity contribution in [1.29, 1.82) is 0 Å². The summed E-state index contributed by atoms with van der Waals surface area (Å²) in [6.07, 6.45) is 0.911. The summed E-state index contributed by atoms with van der Waals surface area (Å²) in [6, 6.07) is 9.85. The maximum absolute atomic E-state index is 12.7. The van der Waals surface area contributed by atoms with Gasteiger partial charge >= 0.3 is 0 Å². The van der Waals surface area contributed by atoms with E-state index in [4.69, 9.17) is 18.9 Å². The van der Waals surface area contributed by atoms with Crippen molar-refractivity contribution < 1.29 is 23.7 Å². The van der Waals surface area contributed by atoms with Crippen molar-refractivity contribution in [1.82, 2.24) is 4.90 Å². The first-order chi connectivity index (χ1) is 13.6. The summed E-state index contributed by atoms with van der Waals surface area (Å²) in [6.45, 7) is 1.12. The maximum Gasteiger partial charge on any atom is 0.234 e. The van der Waals surface area contributed by atoms with Gasteiger partial charge in [-0.2, -0.15) is 0 Å². The molecule has 2 aliphatic rings. The summed E-state index contributed by atoms with van der Waals surface area (Å²) in [7, 11) is 4.81. The summed E-state index contributed by atoms with van der Waals surface area (Å²) < 4.78 is 22.0. The van der Waals surface area contributed by atoms with Crippen molar-refractivity contribution in [2.75, 3.05) is 33.7 Å². The highest BCUT2D eigenvalue weighted by molar-refractivity contribution is 8.00. The van der Waals surface area contributed by atoms with Crippen LogP contribution < -0.4 is 18.9 Å². The molecular formula is C21H23NO5S. The number of ether oxygens (including phenoxy) is 4. The maximum atomic E-state index is 12.7. The second-order valence-corrected chi connectivity index (χ2v) is 7.73. The minimum atomic E-state index is -0.0464. The molecule has 6 nitrogen and oxygen atoms in total. The molecule has 0 aromatic heterocycles. The molecule has 2 aromatic carbocycles. The molecule has 0 spiro atoms. The second kappa shape index (κ2) is 7.83. The fourth-order valence-corrected chi connectivity index (χ4v) is 4.84. The Morgan fingerprint density at radius 3 is 2.54 bits per heavy atom. The predicted molar refractivity (Wildman–Crippen MR) is 107 cm³/mol. The molecule has 0 N–H and O–H groups in total. The lowest BCUT2D eigenvalue weighted by Crippen LogP contribution is -2.28. The normalized spacial score (nSPS) is 18.0. The number of fused-ring (bicyclic) bond motifs is 1. The highest BCUT2D eigenvalue weighted by atomic mass is 32.2. The topological polar surface area (TPSA) is 57.2 Å². The van der Waals surface area contributed by atoms with Crippen LogP contribution in [0.3, 0.4) is 0 Å². The van der Waals surface area contributed by atoms with E-state index in [2.05, 4.69) is 12.1 Å². The van der Waals surface area contributed by atoms with Gasteiger partial charge in [0.15, 0.2) is 0 Å². The van der Waals surface area contributed by atoms with Crippen molar-refractivity contribution in [3.05, 3.63) is 47.0 Å². The quantitative estimate of drug-likeness (QED) is 0.739. The van der Waals surface area contributed by atoms with Crippen LogP contribution in [0.4, 0.5) is 0 Å². The molecule has 1 atom stereocenters. The minimum absolute atomic E-state index is 0.0464. The van der Waals surface area contributed by atoms with Crippen LogP contribution in [0, 0.1) is 0 Å². The molecule has 7 heteroatoms. The SMILES string of the molecule is COc1cc(OC)c(CN2C(=O)CSC2c2ccc3c(c2)CCO3)c(OC)c1. The number of thioether (sulfide) groups is 1. The van der Waals surface area contributed by atoms with Crippen LogP contribution in [0.15, 0.2) is 30.3 Å². The molecule has 0 radical (unpaired) electrons. The van der Waals surface area contributed by atoms with Crippen LogP contribution in [0.25, 0.3) is 0 Å². The average Bonchev–Trinajstić information content (AvgIpc) is 3.34. The van der Waals surface area contributed by atoms with E-state index >= 15 is 0 Å². The van der Waals surface area contributed by atoms with Gasteiger partial charge in [0.05, 0.1) is 45.8 Å². The first-order valence-corrected chi connectivity index (χ1v) is 10.1. The standard InChI is InChI=1S/C21H23NO5S/c1-24-15-9-18(25-2)16(19(10-15)26-3)11-22-20(23)12-28-21(22)14-4-5-17-13(8-14)6-7-27-17/h4-5,8-10,21H,6-7,11-12H2,1-3H3. The third-order valence-corrected chi connectivity index (χ3v) is 6.37. The van der Waals surface area contributed by atoms with E-state index in [9.17, 15) is 4.79 Å². The Balaban J connectivity index is 1.67. The highest BCUT2D eigenvalue weighted by Crippen LogP contribution is 2.44.